The molecule has 3 nitrogen and oxygen atoms in total. The number of hydrogen-bond donors (Lipinski definition) is 0. The second-order valence-corrected chi connectivity index (χ2v) is 24.0. The van der Waals surface area contributed by atoms with Gasteiger partial charge in [0.1, 0.15) is 5.75 Å². The molecule has 3 aliphatic rings. The summed E-state index contributed by atoms with van der Waals surface area (Å²) in [4.78, 5) is 2.48. The standard InChI is InChI=1S/C76H60N2O/c1-73(2,3)51-39-42-57-58-43-40-52(74(4,5)6)46-66(58)76(65(57)45-51)63-33-17-20-38-71(63)79-72-64(76)34-22-37-70(72)77(53-27-21-28-54(47-53)78-68-35-18-14-30-60(68)61-31-15-19-36-69(61)78)55-41-44-59-56-29-13-16-32-62(56)75(67(59)48-55,49-23-9-7-10-24-49)50-25-11-8-12-26-50/h7-48H,1-6H3. The van der Waals surface area contributed by atoms with Crippen LogP contribution in [0.1, 0.15) is 97.2 Å². The first-order valence-electron chi connectivity index (χ1n) is 27.9. The Morgan fingerprint density at radius 1 is 0.354 bits per heavy atom. The lowest BCUT2D eigenvalue weighted by Crippen LogP contribution is -2.33. The predicted molar refractivity (Wildman–Crippen MR) is 328 cm³/mol. The van der Waals surface area contributed by atoms with Crippen molar-refractivity contribution >= 4 is 38.9 Å². The molecular weight excluding hydrogens is 957 g/mol. The lowest BCUT2D eigenvalue weighted by Gasteiger charge is -2.42. The van der Waals surface area contributed by atoms with Crippen molar-refractivity contribution in [1.82, 2.24) is 4.57 Å². The van der Waals surface area contributed by atoms with Crippen molar-refractivity contribution in [2.45, 2.75) is 63.2 Å². The summed E-state index contributed by atoms with van der Waals surface area (Å²) in [6.07, 6.45) is 0. The Kier molecular flexibility index (Phi) is 10.2. The van der Waals surface area contributed by atoms with E-state index in [9.17, 15) is 0 Å². The maximum atomic E-state index is 7.64. The molecule has 79 heavy (non-hydrogen) atoms. The fourth-order valence-electron chi connectivity index (χ4n) is 14.0. The number of nitrogens with zero attached hydrogens (tertiary/aromatic N) is 2. The summed E-state index contributed by atoms with van der Waals surface area (Å²) >= 11 is 0. The van der Waals surface area contributed by atoms with E-state index in [1.54, 1.807) is 0 Å². The molecule has 15 rings (SSSR count). The molecule has 12 aromatic rings. The molecule has 0 amide bonds. The quantitative estimate of drug-likeness (QED) is 0.165. The summed E-state index contributed by atoms with van der Waals surface area (Å²) in [6, 6.07) is 95.4. The Bertz CT molecular complexity index is 4280. The Morgan fingerprint density at radius 3 is 1.46 bits per heavy atom. The van der Waals surface area contributed by atoms with E-state index in [0.29, 0.717) is 0 Å². The van der Waals surface area contributed by atoms with Crippen LogP contribution in [0.15, 0.2) is 255 Å². The molecular formula is C76H60N2O. The number of anilines is 3. The van der Waals surface area contributed by atoms with E-state index in [4.69, 9.17) is 4.74 Å². The zero-order chi connectivity index (χ0) is 53.4. The van der Waals surface area contributed by atoms with Crippen molar-refractivity contribution in [2.75, 3.05) is 4.90 Å². The fraction of sp³-hybridized carbons (Fsp3) is 0.132. The first-order valence-corrected chi connectivity index (χ1v) is 27.9. The highest BCUT2D eigenvalue weighted by Crippen LogP contribution is 2.65. The van der Waals surface area contributed by atoms with Crippen molar-refractivity contribution in [1.29, 1.82) is 0 Å². The molecule has 1 aromatic heterocycles. The van der Waals surface area contributed by atoms with Crippen LogP contribution in [0.2, 0.25) is 0 Å². The van der Waals surface area contributed by atoms with Crippen molar-refractivity contribution in [2.24, 2.45) is 0 Å². The van der Waals surface area contributed by atoms with Crippen LogP contribution in [0.25, 0.3) is 49.7 Å². The number of ether oxygens (including phenoxy) is 1. The summed E-state index contributed by atoms with van der Waals surface area (Å²) in [5.74, 6) is 1.70. The van der Waals surface area contributed by atoms with Gasteiger partial charge in [-0.25, -0.2) is 0 Å². The molecule has 2 heterocycles. The van der Waals surface area contributed by atoms with Crippen molar-refractivity contribution in [3.8, 4) is 39.4 Å². The SMILES string of the molecule is CC(C)(C)c1ccc2c(c1)C1(c3ccccc3Oc3c(N(c4cccc(-n5c6ccccc6c6ccccc65)c4)c4ccc5c(c4)C(c4ccccc4)(c4ccccc4)c4ccccc4-5)cccc31)c1cc(C(C)(C)C)ccc1-2. The van der Waals surface area contributed by atoms with Gasteiger partial charge in [0.15, 0.2) is 5.75 Å². The third-order valence-corrected chi connectivity index (χ3v) is 17.6. The van der Waals surface area contributed by atoms with E-state index in [2.05, 4.69) is 306 Å². The second-order valence-electron chi connectivity index (χ2n) is 24.0. The highest BCUT2D eigenvalue weighted by atomic mass is 16.5. The van der Waals surface area contributed by atoms with Crippen LogP contribution in [0, 0.1) is 0 Å². The van der Waals surface area contributed by atoms with Crippen molar-refractivity contribution in [3.63, 3.8) is 0 Å². The number of aromatic nitrogens is 1. The highest BCUT2D eigenvalue weighted by Gasteiger charge is 2.53. The third-order valence-electron chi connectivity index (χ3n) is 17.6. The average molecular weight is 1020 g/mol. The summed E-state index contributed by atoms with van der Waals surface area (Å²) in [6.45, 7) is 14.0. The molecule has 1 aliphatic heterocycles. The minimum absolute atomic E-state index is 0.0862. The summed E-state index contributed by atoms with van der Waals surface area (Å²) in [5, 5.41) is 2.46. The normalized spacial score (nSPS) is 14.3. The predicted octanol–water partition coefficient (Wildman–Crippen LogP) is 19.7. The minimum Gasteiger partial charge on any atom is -0.454 e. The monoisotopic (exact) mass is 1020 g/mol. The molecule has 0 radical (unpaired) electrons. The van der Waals surface area contributed by atoms with Crippen LogP contribution >= 0.6 is 0 Å². The van der Waals surface area contributed by atoms with Gasteiger partial charge in [-0.05, 0) is 132 Å². The van der Waals surface area contributed by atoms with E-state index in [-0.39, 0.29) is 10.8 Å². The largest absolute Gasteiger partial charge is 0.454 e. The first-order chi connectivity index (χ1) is 38.5. The Morgan fingerprint density at radius 2 is 0.835 bits per heavy atom. The molecule has 11 aromatic carbocycles. The maximum absolute atomic E-state index is 7.64. The maximum Gasteiger partial charge on any atom is 0.156 e. The lowest BCUT2D eigenvalue weighted by molar-refractivity contribution is 0.437. The van der Waals surface area contributed by atoms with Gasteiger partial charge in [0, 0.05) is 39.0 Å². The minimum atomic E-state index is -0.709. The van der Waals surface area contributed by atoms with E-state index in [1.807, 2.05) is 0 Å². The van der Waals surface area contributed by atoms with E-state index in [1.165, 1.54) is 88.6 Å². The average Bonchev–Trinajstić information content (AvgIpc) is 2.18. The fourth-order valence-corrected chi connectivity index (χ4v) is 14.0. The molecule has 0 bridgehead atoms. The second kappa shape index (κ2) is 17.2. The molecule has 0 fully saturated rings. The van der Waals surface area contributed by atoms with Gasteiger partial charge in [-0.15, -0.1) is 0 Å². The van der Waals surface area contributed by atoms with Crippen LogP contribution in [-0.4, -0.2) is 4.57 Å². The number of hydrogen-bond acceptors (Lipinski definition) is 2. The zero-order valence-electron chi connectivity index (χ0n) is 45.6. The van der Waals surface area contributed by atoms with Gasteiger partial charge in [-0.1, -0.05) is 242 Å². The first kappa shape index (κ1) is 47.1. The molecule has 1 spiro atoms. The molecule has 0 atom stereocenters. The van der Waals surface area contributed by atoms with Gasteiger partial charge in [-0.2, -0.15) is 0 Å². The van der Waals surface area contributed by atoms with E-state index < -0.39 is 10.8 Å². The molecule has 3 heteroatoms. The van der Waals surface area contributed by atoms with Crippen molar-refractivity contribution in [3.05, 3.63) is 310 Å². The Labute approximate surface area is 463 Å². The molecule has 0 N–H and O–H groups in total. The summed E-state index contributed by atoms with van der Waals surface area (Å²) in [7, 11) is 0. The summed E-state index contributed by atoms with van der Waals surface area (Å²) in [5.41, 5.74) is 22.4. The van der Waals surface area contributed by atoms with Gasteiger partial charge >= 0.3 is 0 Å². The molecule has 2 aliphatic carbocycles. The molecule has 380 valence electrons. The molecule has 0 saturated carbocycles. The van der Waals surface area contributed by atoms with Crippen LogP contribution in [0.5, 0.6) is 11.5 Å². The molecule has 0 saturated heterocycles. The Hall–Kier alpha value is -9.18. The number of fused-ring (bicyclic) bond motifs is 15. The van der Waals surface area contributed by atoms with Gasteiger partial charge in [0.25, 0.3) is 0 Å². The van der Waals surface area contributed by atoms with Crippen LogP contribution < -0.4 is 9.64 Å². The topological polar surface area (TPSA) is 17.4 Å². The van der Waals surface area contributed by atoms with Gasteiger partial charge in [0.2, 0.25) is 0 Å². The molecule has 0 unspecified atom stereocenters. The zero-order valence-corrected chi connectivity index (χ0v) is 45.6. The lowest BCUT2D eigenvalue weighted by atomic mass is 9.64. The van der Waals surface area contributed by atoms with Crippen LogP contribution in [0.3, 0.4) is 0 Å². The van der Waals surface area contributed by atoms with E-state index >= 15 is 0 Å². The van der Waals surface area contributed by atoms with Gasteiger partial charge in [0.05, 0.1) is 27.6 Å². The van der Waals surface area contributed by atoms with Gasteiger partial charge in [-0.3, -0.25) is 0 Å². The number of benzene rings is 11. The highest BCUT2D eigenvalue weighted by molar-refractivity contribution is 6.09. The van der Waals surface area contributed by atoms with E-state index in [0.717, 1.165) is 45.4 Å². The van der Waals surface area contributed by atoms with Gasteiger partial charge < -0.3 is 14.2 Å². The number of rotatable bonds is 6. The number of para-hydroxylation sites is 4. The van der Waals surface area contributed by atoms with Crippen LogP contribution in [-0.2, 0) is 21.7 Å². The summed E-state index contributed by atoms with van der Waals surface area (Å²) < 4.78 is 10.1. The van der Waals surface area contributed by atoms with Crippen molar-refractivity contribution < 1.29 is 4.74 Å². The third kappa shape index (κ3) is 6.72. The smallest absolute Gasteiger partial charge is 0.156 e. The Balaban J connectivity index is 1.05. The van der Waals surface area contributed by atoms with Crippen LogP contribution in [0.4, 0.5) is 17.1 Å².